The summed E-state index contributed by atoms with van der Waals surface area (Å²) in [5.74, 6) is 0.628. The number of alkyl halides is 2. The van der Waals surface area contributed by atoms with Crippen LogP contribution < -0.4 is 0 Å². The van der Waals surface area contributed by atoms with E-state index in [1.54, 1.807) is 6.07 Å². The molecule has 0 spiro atoms. The molecule has 0 N–H and O–H groups in total. The van der Waals surface area contributed by atoms with Crippen LogP contribution in [-0.2, 0) is 6.42 Å². The number of rotatable bonds is 4. The van der Waals surface area contributed by atoms with E-state index in [0.717, 1.165) is 4.47 Å². The second-order valence-corrected chi connectivity index (χ2v) is 5.44. The SMILES string of the molecule is CC(CCl)(CCl)Cc1ccc(Br)cc1F. The van der Waals surface area contributed by atoms with E-state index in [2.05, 4.69) is 15.9 Å². The van der Waals surface area contributed by atoms with Gasteiger partial charge in [0.1, 0.15) is 5.82 Å². The summed E-state index contributed by atoms with van der Waals surface area (Å²) < 4.78 is 14.3. The molecule has 0 aromatic heterocycles. The van der Waals surface area contributed by atoms with Crippen LogP contribution in [0.4, 0.5) is 4.39 Å². The van der Waals surface area contributed by atoms with Crippen LogP contribution >= 0.6 is 39.1 Å². The van der Waals surface area contributed by atoms with E-state index < -0.39 is 0 Å². The van der Waals surface area contributed by atoms with Gasteiger partial charge in [-0.05, 0) is 29.5 Å². The van der Waals surface area contributed by atoms with E-state index in [1.165, 1.54) is 6.07 Å². The minimum Gasteiger partial charge on any atom is -0.207 e. The van der Waals surface area contributed by atoms with Crippen molar-refractivity contribution in [3.05, 3.63) is 34.1 Å². The summed E-state index contributed by atoms with van der Waals surface area (Å²) >= 11 is 14.9. The minimum absolute atomic E-state index is 0.217. The summed E-state index contributed by atoms with van der Waals surface area (Å²) in [4.78, 5) is 0. The molecule has 0 amide bonds. The molecule has 1 aromatic rings. The van der Waals surface area contributed by atoms with Crippen LogP contribution in [0.3, 0.4) is 0 Å². The van der Waals surface area contributed by atoms with Gasteiger partial charge in [0.2, 0.25) is 0 Å². The molecule has 4 heteroatoms. The number of halogens is 4. The van der Waals surface area contributed by atoms with Gasteiger partial charge in [0.05, 0.1) is 0 Å². The minimum atomic E-state index is -0.252. The molecule has 1 rings (SSSR count). The molecule has 0 atom stereocenters. The fourth-order valence-corrected chi connectivity index (χ4v) is 2.06. The molecule has 0 nitrogen and oxygen atoms in total. The molecular formula is C11H12BrCl2F. The van der Waals surface area contributed by atoms with Crippen molar-refractivity contribution in [2.45, 2.75) is 13.3 Å². The Morgan fingerprint density at radius 1 is 1.33 bits per heavy atom. The number of benzene rings is 1. The highest BCUT2D eigenvalue weighted by molar-refractivity contribution is 9.10. The Kier molecular flexibility index (Phi) is 4.88. The smallest absolute Gasteiger partial charge is 0.127 e. The highest BCUT2D eigenvalue weighted by atomic mass is 79.9. The molecule has 0 heterocycles. The average Bonchev–Trinajstić information content (AvgIpc) is 2.22. The summed E-state index contributed by atoms with van der Waals surface area (Å²) in [5.41, 5.74) is 0.402. The van der Waals surface area contributed by atoms with E-state index in [-0.39, 0.29) is 11.2 Å². The molecule has 1 aromatic carbocycles. The first kappa shape index (κ1) is 13.3. The van der Waals surface area contributed by atoms with E-state index >= 15 is 0 Å². The summed E-state index contributed by atoms with van der Waals surface area (Å²) in [6.45, 7) is 1.95. The third-order valence-electron chi connectivity index (χ3n) is 2.28. The molecule has 15 heavy (non-hydrogen) atoms. The molecule has 0 unspecified atom stereocenters. The fourth-order valence-electron chi connectivity index (χ4n) is 1.26. The van der Waals surface area contributed by atoms with Crippen LogP contribution in [0, 0.1) is 11.2 Å². The maximum Gasteiger partial charge on any atom is 0.127 e. The van der Waals surface area contributed by atoms with Gasteiger partial charge in [-0.15, -0.1) is 23.2 Å². The molecule has 0 saturated heterocycles. The maximum atomic E-state index is 13.5. The van der Waals surface area contributed by atoms with Gasteiger partial charge in [-0.1, -0.05) is 28.9 Å². The zero-order valence-corrected chi connectivity index (χ0v) is 11.5. The van der Waals surface area contributed by atoms with Gasteiger partial charge in [-0.3, -0.25) is 0 Å². The zero-order chi connectivity index (χ0) is 11.5. The lowest BCUT2D eigenvalue weighted by atomic mass is 9.87. The third kappa shape index (κ3) is 3.61. The molecule has 0 fully saturated rings. The Morgan fingerprint density at radius 2 is 1.93 bits per heavy atom. The molecule has 84 valence electrons. The van der Waals surface area contributed by atoms with Crippen molar-refractivity contribution >= 4 is 39.1 Å². The van der Waals surface area contributed by atoms with E-state index in [1.807, 2.05) is 13.0 Å². The second-order valence-electron chi connectivity index (χ2n) is 3.99. The van der Waals surface area contributed by atoms with Crippen molar-refractivity contribution in [1.29, 1.82) is 0 Å². The molecule has 0 aliphatic heterocycles. The van der Waals surface area contributed by atoms with E-state index in [4.69, 9.17) is 23.2 Å². The molecule has 0 bridgehead atoms. The third-order valence-corrected chi connectivity index (χ3v) is 4.06. The zero-order valence-electron chi connectivity index (χ0n) is 8.37. The molecular weight excluding hydrogens is 302 g/mol. The normalized spacial score (nSPS) is 11.8. The Bertz CT molecular complexity index is 337. The fraction of sp³-hybridized carbons (Fsp3) is 0.455. The van der Waals surface area contributed by atoms with Crippen LogP contribution in [0.25, 0.3) is 0 Å². The topological polar surface area (TPSA) is 0 Å². The predicted molar refractivity (Wildman–Crippen MR) is 67.4 cm³/mol. The Balaban J connectivity index is 2.89. The molecule has 0 radical (unpaired) electrons. The van der Waals surface area contributed by atoms with Crippen LogP contribution in [0.15, 0.2) is 22.7 Å². The summed E-state index contributed by atoms with van der Waals surface area (Å²) in [6.07, 6.45) is 0.555. The van der Waals surface area contributed by atoms with E-state index in [0.29, 0.717) is 23.7 Å². The first-order chi connectivity index (χ1) is 7.00. The van der Waals surface area contributed by atoms with Crippen molar-refractivity contribution in [1.82, 2.24) is 0 Å². The van der Waals surface area contributed by atoms with Crippen molar-refractivity contribution < 1.29 is 4.39 Å². The van der Waals surface area contributed by atoms with Crippen LogP contribution in [-0.4, -0.2) is 11.8 Å². The molecule has 0 aliphatic rings. The van der Waals surface area contributed by atoms with E-state index in [9.17, 15) is 4.39 Å². The lowest BCUT2D eigenvalue weighted by molar-refractivity contribution is 0.415. The van der Waals surface area contributed by atoms with Crippen LogP contribution in [0.1, 0.15) is 12.5 Å². The van der Waals surface area contributed by atoms with Crippen molar-refractivity contribution in [3.8, 4) is 0 Å². The number of hydrogen-bond acceptors (Lipinski definition) is 0. The van der Waals surface area contributed by atoms with Crippen molar-refractivity contribution in [3.63, 3.8) is 0 Å². The van der Waals surface area contributed by atoms with Gasteiger partial charge < -0.3 is 0 Å². The largest absolute Gasteiger partial charge is 0.207 e. The van der Waals surface area contributed by atoms with Gasteiger partial charge in [0, 0.05) is 16.2 Å². The predicted octanol–water partition coefficient (Wildman–Crippen LogP) is 4.61. The lowest BCUT2D eigenvalue weighted by Gasteiger charge is -2.24. The summed E-state index contributed by atoms with van der Waals surface area (Å²) in [5, 5.41) is 0. The van der Waals surface area contributed by atoms with Crippen molar-refractivity contribution in [2.75, 3.05) is 11.8 Å². The Morgan fingerprint density at radius 3 is 2.40 bits per heavy atom. The van der Waals surface area contributed by atoms with Gasteiger partial charge in [0.15, 0.2) is 0 Å². The Hall–Kier alpha value is 0.210. The monoisotopic (exact) mass is 312 g/mol. The molecule has 0 aliphatic carbocycles. The second kappa shape index (κ2) is 5.51. The average molecular weight is 314 g/mol. The standard InChI is InChI=1S/C11H12BrCl2F/c1-11(6-13,7-14)5-8-2-3-9(12)4-10(8)15/h2-4H,5-7H2,1H3. The van der Waals surface area contributed by atoms with Gasteiger partial charge in [-0.25, -0.2) is 4.39 Å². The quantitative estimate of drug-likeness (QED) is 0.712. The Labute approximate surface area is 108 Å². The first-order valence-corrected chi connectivity index (χ1v) is 6.43. The van der Waals surface area contributed by atoms with Gasteiger partial charge >= 0.3 is 0 Å². The van der Waals surface area contributed by atoms with Crippen LogP contribution in [0.5, 0.6) is 0 Å². The first-order valence-electron chi connectivity index (χ1n) is 4.56. The molecule has 0 saturated carbocycles. The highest BCUT2D eigenvalue weighted by Crippen LogP contribution is 2.28. The lowest BCUT2D eigenvalue weighted by Crippen LogP contribution is -2.24. The summed E-state index contributed by atoms with van der Waals surface area (Å²) in [6, 6.07) is 5.04. The highest BCUT2D eigenvalue weighted by Gasteiger charge is 2.24. The van der Waals surface area contributed by atoms with Gasteiger partial charge in [-0.2, -0.15) is 0 Å². The van der Waals surface area contributed by atoms with Gasteiger partial charge in [0.25, 0.3) is 0 Å². The summed E-state index contributed by atoms with van der Waals surface area (Å²) in [7, 11) is 0. The van der Waals surface area contributed by atoms with Crippen LogP contribution in [0.2, 0.25) is 0 Å². The maximum absolute atomic E-state index is 13.5. The van der Waals surface area contributed by atoms with Crippen molar-refractivity contribution in [2.24, 2.45) is 5.41 Å². The number of hydrogen-bond donors (Lipinski definition) is 0.